The first-order valence-corrected chi connectivity index (χ1v) is 7.55. The molecule has 0 radical (unpaired) electrons. The second kappa shape index (κ2) is 6.66. The van der Waals surface area contributed by atoms with Crippen molar-refractivity contribution < 1.29 is 4.79 Å². The van der Waals surface area contributed by atoms with Gasteiger partial charge in [0.25, 0.3) is 0 Å². The molecule has 0 aromatic heterocycles. The third-order valence-electron chi connectivity index (χ3n) is 4.59. The number of nitrogens with zero attached hydrogens (tertiary/aromatic N) is 2. The number of hydrogen-bond donors (Lipinski definition) is 1. The summed E-state index contributed by atoms with van der Waals surface area (Å²) in [5, 5.41) is 0. The minimum Gasteiger partial charge on any atom is -0.392 e. The SMILES string of the molecule is CCC(CC)(C(=O)N(C)CC1CCCN1C)C(N)=S. The Morgan fingerprint density at radius 1 is 1.47 bits per heavy atom. The van der Waals surface area contributed by atoms with Crippen LogP contribution in [0.25, 0.3) is 0 Å². The lowest BCUT2D eigenvalue weighted by Gasteiger charge is -2.35. The molecule has 4 nitrogen and oxygen atoms in total. The zero-order valence-electron chi connectivity index (χ0n) is 12.6. The van der Waals surface area contributed by atoms with Crippen LogP contribution in [-0.2, 0) is 4.79 Å². The van der Waals surface area contributed by atoms with E-state index in [0.29, 0.717) is 23.9 Å². The Morgan fingerprint density at radius 3 is 2.42 bits per heavy atom. The normalized spacial score (nSPS) is 20.5. The van der Waals surface area contributed by atoms with Gasteiger partial charge in [-0.3, -0.25) is 4.79 Å². The Kier molecular flexibility index (Phi) is 5.74. The Bertz CT molecular complexity index is 342. The van der Waals surface area contributed by atoms with Gasteiger partial charge in [-0.05, 0) is 39.3 Å². The molecule has 1 fully saturated rings. The van der Waals surface area contributed by atoms with Gasteiger partial charge >= 0.3 is 0 Å². The van der Waals surface area contributed by atoms with Crippen LogP contribution in [-0.4, -0.2) is 53.9 Å². The number of hydrogen-bond acceptors (Lipinski definition) is 3. The van der Waals surface area contributed by atoms with E-state index in [4.69, 9.17) is 18.0 Å². The fourth-order valence-electron chi connectivity index (χ4n) is 2.98. The van der Waals surface area contributed by atoms with E-state index in [1.54, 1.807) is 0 Å². The van der Waals surface area contributed by atoms with Gasteiger partial charge < -0.3 is 15.5 Å². The Balaban J connectivity index is 2.76. The van der Waals surface area contributed by atoms with E-state index >= 15 is 0 Å². The number of amides is 1. The third kappa shape index (κ3) is 3.26. The van der Waals surface area contributed by atoms with Crippen LogP contribution in [0, 0.1) is 5.41 Å². The molecule has 0 bridgehead atoms. The summed E-state index contributed by atoms with van der Waals surface area (Å²) in [6, 6.07) is 0.465. The molecule has 1 amide bonds. The molecular weight excluding hydrogens is 258 g/mol. The van der Waals surface area contributed by atoms with Crippen LogP contribution < -0.4 is 5.73 Å². The molecule has 2 N–H and O–H groups in total. The van der Waals surface area contributed by atoms with Crippen LogP contribution in [0.3, 0.4) is 0 Å². The maximum absolute atomic E-state index is 12.7. The molecule has 19 heavy (non-hydrogen) atoms. The standard InChI is InChI=1S/C14H27N3OS/c1-5-14(6-2,12(15)19)13(18)17(4)10-11-8-7-9-16(11)3/h11H,5-10H2,1-4H3,(H2,15,19). The van der Waals surface area contributed by atoms with E-state index in [1.165, 1.54) is 6.42 Å². The number of likely N-dealkylation sites (tertiary alicyclic amines) is 1. The van der Waals surface area contributed by atoms with E-state index in [2.05, 4.69) is 11.9 Å². The van der Waals surface area contributed by atoms with Crippen LogP contribution in [0.2, 0.25) is 0 Å². The molecule has 0 aliphatic carbocycles. The van der Waals surface area contributed by atoms with Crippen molar-refractivity contribution in [3.63, 3.8) is 0 Å². The molecule has 1 aliphatic heterocycles. The summed E-state index contributed by atoms with van der Waals surface area (Å²) in [6.07, 6.45) is 3.71. The predicted molar refractivity (Wildman–Crippen MR) is 83.1 cm³/mol. The molecule has 1 rings (SSSR count). The topological polar surface area (TPSA) is 49.6 Å². The van der Waals surface area contributed by atoms with Crippen LogP contribution in [0.15, 0.2) is 0 Å². The summed E-state index contributed by atoms with van der Waals surface area (Å²) >= 11 is 5.15. The van der Waals surface area contributed by atoms with Crippen molar-refractivity contribution in [2.24, 2.45) is 11.1 Å². The summed E-state index contributed by atoms with van der Waals surface area (Å²) < 4.78 is 0. The number of likely N-dealkylation sites (N-methyl/N-ethyl adjacent to an activating group) is 2. The van der Waals surface area contributed by atoms with E-state index in [9.17, 15) is 4.79 Å². The van der Waals surface area contributed by atoms with Gasteiger partial charge in [-0.25, -0.2) is 0 Å². The molecule has 110 valence electrons. The van der Waals surface area contributed by atoms with Gasteiger partial charge in [0.15, 0.2) is 0 Å². The molecule has 5 heteroatoms. The van der Waals surface area contributed by atoms with Crippen molar-refractivity contribution in [3.8, 4) is 0 Å². The minimum absolute atomic E-state index is 0.0744. The van der Waals surface area contributed by atoms with Gasteiger partial charge in [-0.15, -0.1) is 0 Å². The second-order valence-corrected chi connectivity index (χ2v) is 6.06. The van der Waals surface area contributed by atoms with Crippen molar-refractivity contribution in [2.75, 3.05) is 27.2 Å². The van der Waals surface area contributed by atoms with Crippen molar-refractivity contribution in [1.29, 1.82) is 0 Å². The Hall–Kier alpha value is -0.680. The maximum atomic E-state index is 12.7. The van der Waals surface area contributed by atoms with E-state index in [-0.39, 0.29) is 5.91 Å². The highest BCUT2D eigenvalue weighted by Crippen LogP contribution is 2.30. The van der Waals surface area contributed by atoms with Crippen LogP contribution >= 0.6 is 12.2 Å². The zero-order valence-corrected chi connectivity index (χ0v) is 13.4. The average Bonchev–Trinajstić information content (AvgIpc) is 2.76. The van der Waals surface area contributed by atoms with Crippen LogP contribution in [0.4, 0.5) is 0 Å². The molecule has 1 heterocycles. The van der Waals surface area contributed by atoms with Crippen LogP contribution in [0.5, 0.6) is 0 Å². The van der Waals surface area contributed by atoms with Crippen molar-refractivity contribution in [1.82, 2.24) is 9.80 Å². The van der Waals surface area contributed by atoms with E-state index in [0.717, 1.165) is 19.5 Å². The first-order chi connectivity index (χ1) is 8.89. The molecule has 0 spiro atoms. The summed E-state index contributed by atoms with van der Waals surface area (Å²) in [7, 11) is 3.99. The monoisotopic (exact) mass is 285 g/mol. The lowest BCUT2D eigenvalue weighted by Crippen LogP contribution is -2.51. The molecule has 0 aromatic rings. The van der Waals surface area contributed by atoms with Crippen molar-refractivity contribution in [2.45, 2.75) is 45.6 Å². The van der Waals surface area contributed by atoms with Gasteiger partial charge in [0.1, 0.15) is 0 Å². The number of carbonyl (C=O) groups is 1. The highest BCUT2D eigenvalue weighted by Gasteiger charge is 2.40. The number of thiocarbonyl (C=S) groups is 1. The third-order valence-corrected chi connectivity index (χ3v) is 4.98. The largest absolute Gasteiger partial charge is 0.392 e. The highest BCUT2D eigenvalue weighted by molar-refractivity contribution is 7.80. The average molecular weight is 285 g/mol. The van der Waals surface area contributed by atoms with Gasteiger partial charge in [0.05, 0.1) is 10.4 Å². The van der Waals surface area contributed by atoms with E-state index < -0.39 is 5.41 Å². The molecular formula is C14H27N3OS. The molecule has 0 saturated carbocycles. The number of nitrogens with two attached hydrogens (primary N) is 1. The Morgan fingerprint density at radius 2 is 2.05 bits per heavy atom. The van der Waals surface area contributed by atoms with Gasteiger partial charge in [0.2, 0.25) is 5.91 Å². The smallest absolute Gasteiger partial charge is 0.235 e. The first-order valence-electron chi connectivity index (χ1n) is 7.14. The van der Waals surface area contributed by atoms with Crippen molar-refractivity contribution >= 4 is 23.1 Å². The molecule has 0 aromatic carbocycles. The summed E-state index contributed by atoms with van der Waals surface area (Å²) in [6.45, 7) is 5.85. The summed E-state index contributed by atoms with van der Waals surface area (Å²) in [4.78, 5) is 17.2. The molecule has 1 aliphatic rings. The van der Waals surface area contributed by atoms with Crippen molar-refractivity contribution in [3.05, 3.63) is 0 Å². The minimum atomic E-state index is -0.665. The lowest BCUT2D eigenvalue weighted by atomic mass is 9.80. The van der Waals surface area contributed by atoms with Gasteiger partial charge in [-0.1, -0.05) is 26.1 Å². The van der Waals surface area contributed by atoms with Gasteiger partial charge in [-0.2, -0.15) is 0 Å². The summed E-state index contributed by atoms with van der Waals surface area (Å²) in [5.74, 6) is 0.0744. The van der Waals surface area contributed by atoms with Crippen LogP contribution in [0.1, 0.15) is 39.5 Å². The molecule has 1 saturated heterocycles. The first kappa shape index (κ1) is 16.4. The van der Waals surface area contributed by atoms with E-state index in [1.807, 2.05) is 25.8 Å². The maximum Gasteiger partial charge on any atom is 0.235 e. The fraction of sp³-hybridized carbons (Fsp3) is 0.857. The summed E-state index contributed by atoms with van der Waals surface area (Å²) in [5.41, 5.74) is 5.17. The quantitative estimate of drug-likeness (QED) is 0.754. The molecule has 1 unspecified atom stereocenters. The molecule has 1 atom stereocenters. The number of rotatable bonds is 6. The highest BCUT2D eigenvalue weighted by atomic mass is 32.1. The lowest BCUT2D eigenvalue weighted by molar-refractivity contribution is -0.137. The zero-order chi connectivity index (χ0) is 14.6. The van der Waals surface area contributed by atoms with Gasteiger partial charge in [0, 0.05) is 19.6 Å². The second-order valence-electron chi connectivity index (χ2n) is 5.62. The number of carbonyl (C=O) groups excluding carboxylic acids is 1. The fourth-order valence-corrected chi connectivity index (χ4v) is 3.36. The predicted octanol–water partition coefficient (Wildman–Crippen LogP) is 1.63. The Labute approximate surface area is 122 Å².